The Labute approximate surface area is 175 Å². The summed E-state index contributed by atoms with van der Waals surface area (Å²) < 4.78 is 36.3. The highest BCUT2D eigenvalue weighted by molar-refractivity contribution is 8.03. The van der Waals surface area contributed by atoms with Gasteiger partial charge in [-0.05, 0) is 24.1 Å². The molecule has 1 aliphatic heterocycles. The highest BCUT2D eigenvalue weighted by Gasteiger charge is 2.49. The maximum Gasteiger partial charge on any atom is 0.200 e. The maximum absolute atomic E-state index is 15.0. The van der Waals surface area contributed by atoms with Crippen molar-refractivity contribution < 1.29 is 13.5 Å². The first kappa shape index (κ1) is 19.8. The van der Waals surface area contributed by atoms with E-state index in [1.807, 2.05) is 23.6 Å². The molecule has 2 aromatic carbocycles. The SMILES string of the molecule is N#CSc1ncnn1C[C@]1(c2ccc(F)cc2F)OCC[C@@H]1c1ccccc1Cl. The van der Waals surface area contributed by atoms with Crippen molar-refractivity contribution in [1.82, 2.24) is 14.8 Å². The van der Waals surface area contributed by atoms with Crippen LogP contribution in [0.4, 0.5) is 8.78 Å². The highest BCUT2D eigenvalue weighted by Crippen LogP contribution is 2.50. The molecule has 9 heteroatoms. The molecule has 0 radical (unpaired) electrons. The zero-order chi connectivity index (χ0) is 20.4. The Morgan fingerprint density at radius 3 is 2.90 bits per heavy atom. The lowest BCUT2D eigenvalue weighted by Crippen LogP contribution is -2.38. The molecule has 148 valence electrons. The lowest BCUT2D eigenvalue weighted by atomic mass is 9.77. The molecule has 1 fully saturated rings. The summed E-state index contributed by atoms with van der Waals surface area (Å²) in [7, 11) is 0. The van der Waals surface area contributed by atoms with Gasteiger partial charge in [0, 0.05) is 40.9 Å². The van der Waals surface area contributed by atoms with Gasteiger partial charge in [-0.15, -0.1) is 0 Å². The molecule has 3 aromatic rings. The minimum absolute atomic E-state index is 0.0927. The van der Waals surface area contributed by atoms with Crippen molar-refractivity contribution in [3.8, 4) is 5.40 Å². The van der Waals surface area contributed by atoms with Gasteiger partial charge in [-0.3, -0.25) is 0 Å². The van der Waals surface area contributed by atoms with Crippen molar-refractivity contribution in [2.75, 3.05) is 6.61 Å². The molecule has 0 saturated carbocycles. The number of thiocyanates is 1. The van der Waals surface area contributed by atoms with E-state index in [4.69, 9.17) is 21.6 Å². The first-order valence-electron chi connectivity index (χ1n) is 8.83. The Kier molecular flexibility index (Phi) is 5.54. The molecule has 1 saturated heterocycles. The van der Waals surface area contributed by atoms with Crippen LogP contribution in [-0.2, 0) is 16.9 Å². The fourth-order valence-corrected chi connectivity index (χ4v) is 4.57. The lowest BCUT2D eigenvalue weighted by molar-refractivity contribution is -0.0318. The van der Waals surface area contributed by atoms with Crippen molar-refractivity contribution in [3.05, 3.63) is 76.6 Å². The third-order valence-electron chi connectivity index (χ3n) is 5.10. The summed E-state index contributed by atoms with van der Waals surface area (Å²) in [5.74, 6) is -1.69. The minimum Gasteiger partial charge on any atom is -0.368 e. The topological polar surface area (TPSA) is 63.7 Å². The van der Waals surface area contributed by atoms with Crippen molar-refractivity contribution in [2.24, 2.45) is 0 Å². The Bertz CT molecular complexity index is 1090. The molecule has 0 bridgehead atoms. The van der Waals surface area contributed by atoms with E-state index in [1.54, 1.807) is 6.07 Å². The van der Waals surface area contributed by atoms with Gasteiger partial charge in [-0.25, -0.2) is 18.4 Å². The molecule has 4 rings (SSSR count). The standard InChI is InChI=1S/C20H15ClF2N4OS/c21-17-4-2-1-3-14(17)15-7-8-28-20(15,16-6-5-13(22)9-18(16)23)10-27-19(29-11-24)25-12-26-27/h1-6,9,12,15H,7-8,10H2/t15-,20+/m1/s1. The van der Waals surface area contributed by atoms with E-state index < -0.39 is 17.2 Å². The van der Waals surface area contributed by atoms with Gasteiger partial charge in [0.1, 0.15) is 29.0 Å². The second kappa shape index (κ2) is 8.11. The monoisotopic (exact) mass is 432 g/mol. The number of benzene rings is 2. The van der Waals surface area contributed by atoms with Gasteiger partial charge < -0.3 is 4.74 Å². The molecule has 2 atom stereocenters. The van der Waals surface area contributed by atoms with E-state index in [0.29, 0.717) is 23.2 Å². The first-order valence-corrected chi connectivity index (χ1v) is 10.0. The largest absolute Gasteiger partial charge is 0.368 e. The number of halogens is 3. The molecule has 1 aromatic heterocycles. The van der Waals surface area contributed by atoms with Crippen LogP contribution < -0.4 is 0 Å². The van der Waals surface area contributed by atoms with Crippen LogP contribution >= 0.6 is 23.4 Å². The molecule has 0 unspecified atom stereocenters. The molecule has 1 aliphatic rings. The third kappa shape index (κ3) is 3.62. The van der Waals surface area contributed by atoms with Crippen LogP contribution in [0.15, 0.2) is 53.9 Å². The molecule has 29 heavy (non-hydrogen) atoms. The van der Waals surface area contributed by atoms with Crippen LogP contribution in [0.1, 0.15) is 23.5 Å². The summed E-state index contributed by atoms with van der Waals surface area (Å²) in [6, 6.07) is 10.8. The van der Waals surface area contributed by atoms with Crippen molar-refractivity contribution in [2.45, 2.75) is 29.6 Å². The van der Waals surface area contributed by atoms with Crippen molar-refractivity contribution in [3.63, 3.8) is 0 Å². The van der Waals surface area contributed by atoms with E-state index >= 15 is 0 Å². The number of aromatic nitrogens is 3. The Balaban J connectivity index is 1.88. The van der Waals surface area contributed by atoms with Crippen LogP contribution in [0.3, 0.4) is 0 Å². The number of nitrogens with zero attached hydrogens (tertiary/aromatic N) is 4. The molecular weight excluding hydrogens is 418 g/mol. The van der Waals surface area contributed by atoms with Crippen LogP contribution in [0.2, 0.25) is 5.02 Å². The summed E-state index contributed by atoms with van der Waals surface area (Å²) in [4.78, 5) is 4.08. The smallest absolute Gasteiger partial charge is 0.200 e. The summed E-state index contributed by atoms with van der Waals surface area (Å²) >= 11 is 7.31. The summed E-state index contributed by atoms with van der Waals surface area (Å²) in [5, 5.41) is 16.1. The van der Waals surface area contributed by atoms with Crippen LogP contribution in [0, 0.1) is 22.3 Å². The van der Waals surface area contributed by atoms with Crippen molar-refractivity contribution in [1.29, 1.82) is 5.26 Å². The van der Waals surface area contributed by atoms with Gasteiger partial charge in [0.15, 0.2) is 0 Å². The minimum atomic E-state index is -1.19. The number of hydrogen-bond acceptors (Lipinski definition) is 5. The van der Waals surface area contributed by atoms with Gasteiger partial charge in [-0.2, -0.15) is 10.4 Å². The quantitative estimate of drug-likeness (QED) is 0.424. The second-order valence-electron chi connectivity index (χ2n) is 6.62. The van der Waals surface area contributed by atoms with E-state index in [0.717, 1.165) is 23.4 Å². The molecule has 0 amide bonds. The Morgan fingerprint density at radius 2 is 2.14 bits per heavy atom. The maximum atomic E-state index is 15.0. The number of ether oxygens (including phenoxy) is 1. The predicted octanol–water partition coefficient (Wildman–Crippen LogP) is 4.88. The third-order valence-corrected chi connectivity index (χ3v) is 6.03. The van der Waals surface area contributed by atoms with Gasteiger partial charge in [-0.1, -0.05) is 35.9 Å². The lowest BCUT2D eigenvalue weighted by Gasteiger charge is -2.36. The Hall–Kier alpha value is -2.47. The number of nitriles is 1. The normalized spacial score (nSPS) is 21.2. The summed E-state index contributed by atoms with van der Waals surface area (Å²) in [5.41, 5.74) is -0.170. The van der Waals surface area contributed by atoms with Crippen LogP contribution in [0.25, 0.3) is 0 Å². The summed E-state index contributed by atoms with van der Waals surface area (Å²) in [6.45, 7) is 0.456. The molecule has 0 aliphatic carbocycles. The predicted molar refractivity (Wildman–Crippen MR) is 104 cm³/mol. The van der Waals surface area contributed by atoms with E-state index in [-0.39, 0.29) is 18.0 Å². The fraction of sp³-hybridized carbons (Fsp3) is 0.250. The zero-order valence-electron chi connectivity index (χ0n) is 15.1. The molecular formula is C20H15ClF2N4OS. The summed E-state index contributed by atoms with van der Waals surface area (Å²) in [6.07, 6.45) is 1.92. The van der Waals surface area contributed by atoms with Crippen molar-refractivity contribution >= 4 is 23.4 Å². The van der Waals surface area contributed by atoms with Gasteiger partial charge in [0.25, 0.3) is 0 Å². The van der Waals surface area contributed by atoms with E-state index in [9.17, 15) is 8.78 Å². The molecule has 0 N–H and O–H groups in total. The first-order chi connectivity index (χ1) is 14.0. The average Bonchev–Trinajstić information content (AvgIpc) is 3.30. The Morgan fingerprint density at radius 1 is 1.31 bits per heavy atom. The van der Waals surface area contributed by atoms with Crippen LogP contribution in [0.5, 0.6) is 0 Å². The molecule has 0 spiro atoms. The molecule has 5 nitrogen and oxygen atoms in total. The zero-order valence-corrected chi connectivity index (χ0v) is 16.6. The second-order valence-corrected chi connectivity index (χ2v) is 7.78. The van der Waals surface area contributed by atoms with Gasteiger partial charge in [0.05, 0.1) is 6.54 Å². The van der Waals surface area contributed by atoms with Crippen LogP contribution in [-0.4, -0.2) is 21.4 Å². The average molecular weight is 433 g/mol. The van der Waals surface area contributed by atoms with E-state index in [2.05, 4.69) is 10.1 Å². The highest BCUT2D eigenvalue weighted by atomic mass is 35.5. The fourth-order valence-electron chi connectivity index (χ4n) is 3.90. The number of hydrogen-bond donors (Lipinski definition) is 0. The van der Waals surface area contributed by atoms with Gasteiger partial charge >= 0.3 is 0 Å². The molecule has 2 heterocycles. The van der Waals surface area contributed by atoms with E-state index in [1.165, 1.54) is 23.1 Å². The number of thioether (sulfide) groups is 1. The number of rotatable bonds is 5. The van der Waals surface area contributed by atoms with Gasteiger partial charge in [0.2, 0.25) is 5.16 Å².